The number of rotatable bonds is 5. The van der Waals surface area contributed by atoms with Crippen molar-refractivity contribution in [2.45, 2.75) is 32.1 Å². The molecule has 0 aliphatic heterocycles. The Labute approximate surface area is 155 Å². The van der Waals surface area contributed by atoms with Crippen molar-refractivity contribution in [3.8, 4) is 5.69 Å². The van der Waals surface area contributed by atoms with Crippen LogP contribution in [0, 0.1) is 5.92 Å². The van der Waals surface area contributed by atoms with E-state index < -0.39 is 11.8 Å². The van der Waals surface area contributed by atoms with Crippen molar-refractivity contribution in [1.82, 2.24) is 36.4 Å². The fourth-order valence-corrected chi connectivity index (χ4v) is 2.96. The molecule has 1 aliphatic rings. The molecule has 0 bridgehead atoms. The molecule has 10 heteroatoms. The minimum Gasteiger partial charge on any atom is -0.347 e. The first-order chi connectivity index (χ1) is 13.1. The lowest BCUT2D eigenvalue weighted by atomic mass is 9.89. The van der Waals surface area contributed by atoms with Crippen LogP contribution < -0.4 is 16.2 Å². The molecule has 3 rings (SSSR count). The Morgan fingerprint density at radius 2 is 1.78 bits per heavy atom. The lowest BCUT2D eigenvalue weighted by Gasteiger charge is -2.20. The second-order valence-electron chi connectivity index (χ2n) is 6.36. The van der Waals surface area contributed by atoms with Gasteiger partial charge >= 0.3 is 0 Å². The van der Waals surface area contributed by atoms with Crippen LogP contribution in [0.25, 0.3) is 5.69 Å². The topological polar surface area (TPSA) is 131 Å². The Balaban J connectivity index is 1.41. The molecule has 0 atom stereocenters. The first-order valence-electron chi connectivity index (χ1n) is 8.84. The molecule has 142 valence electrons. The van der Waals surface area contributed by atoms with Gasteiger partial charge in [-0.25, -0.2) is 4.68 Å². The van der Waals surface area contributed by atoms with Crippen molar-refractivity contribution in [3.63, 3.8) is 0 Å². The summed E-state index contributed by atoms with van der Waals surface area (Å²) in [5.41, 5.74) is 5.67. The minimum absolute atomic E-state index is 0.0140. The maximum atomic E-state index is 12.1. The number of carbonyl (C=O) groups excluding carboxylic acids is 3. The molecule has 3 N–H and O–H groups in total. The first-order valence-corrected chi connectivity index (χ1v) is 8.84. The van der Waals surface area contributed by atoms with Gasteiger partial charge < -0.3 is 5.32 Å². The molecular weight excluding hydrogens is 350 g/mol. The molecule has 1 aromatic heterocycles. The van der Waals surface area contributed by atoms with Crippen molar-refractivity contribution in [2.24, 2.45) is 5.92 Å². The van der Waals surface area contributed by atoms with Gasteiger partial charge in [-0.05, 0) is 47.5 Å². The van der Waals surface area contributed by atoms with E-state index in [9.17, 15) is 14.4 Å². The number of hydrogen-bond acceptors (Lipinski definition) is 6. The van der Waals surface area contributed by atoms with Crippen LogP contribution in [0.2, 0.25) is 0 Å². The van der Waals surface area contributed by atoms with Gasteiger partial charge in [-0.15, -0.1) is 5.10 Å². The van der Waals surface area contributed by atoms with E-state index in [0.717, 1.165) is 32.1 Å². The maximum absolute atomic E-state index is 12.1. The second-order valence-corrected chi connectivity index (χ2v) is 6.36. The number of hydrogen-bond donors (Lipinski definition) is 3. The third-order valence-corrected chi connectivity index (χ3v) is 4.46. The molecule has 1 aliphatic carbocycles. The van der Waals surface area contributed by atoms with Crippen LogP contribution in [-0.2, 0) is 9.59 Å². The van der Waals surface area contributed by atoms with Gasteiger partial charge in [0.1, 0.15) is 6.33 Å². The molecule has 2 aromatic rings. The van der Waals surface area contributed by atoms with Crippen LogP contribution >= 0.6 is 0 Å². The number of amides is 3. The van der Waals surface area contributed by atoms with Crippen LogP contribution in [-0.4, -0.2) is 44.5 Å². The standard InChI is InChI=1S/C17H21N7O3/c25-15(10-18-16(26)12-4-2-1-3-5-12)20-21-17(27)13-6-8-14(9-7-13)24-11-19-22-23-24/h6-9,11-12H,1-5,10H2,(H,18,26)(H,20,25)(H,21,27). The molecule has 1 fully saturated rings. The zero-order chi connectivity index (χ0) is 19.1. The Morgan fingerprint density at radius 3 is 2.44 bits per heavy atom. The van der Waals surface area contributed by atoms with Crippen molar-refractivity contribution in [1.29, 1.82) is 0 Å². The molecule has 1 aromatic carbocycles. The molecule has 1 heterocycles. The Bertz CT molecular complexity index is 783. The zero-order valence-electron chi connectivity index (χ0n) is 14.7. The fourth-order valence-electron chi connectivity index (χ4n) is 2.96. The third-order valence-electron chi connectivity index (χ3n) is 4.46. The molecule has 3 amide bonds. The van der Waals surface area contributed by atoms with E-state index in [-0.39, 0.29) is 18.4 Å². The van der Waals surface area contributed by atoms with Crippen LogP contribution in [0.15, 0.2) is 30.6 Å². The van der Waals surface area contributed by atoms with E-state index >= 15 is 0 Å². The van der Waals surface area contributed by atoms with Gasteiger partial charge in [0.15, 0.2) is 0 Å². The van der Waals surface area contributed by atoms with Crippen molar-refractivity contribution >= 4 is 17.7 Å². The van der Waals surface area contributed by atoms with Gasteiger partial charge in [0, 0.05) is 11.5 Å². The zero-order valence-corrected chi connectivity index (χ0v) is 14.7. The average molecular weight is 371 g/mol. The van der Waals surface area contributed by atoms with E-state index in [1.807, 2.05) is 0 Å². The van der Waals surface area contributed by atoms with Gasteiger partial charge in [-0.1, -0.05) is 19.3 Å². The highest BCUT2D eigenvalue weighted by molar-refractivity contribution is 5.96. The van der Waals surface area contributed by atoms with Crippen molar-refractivity contribution in [2.75, 3.05) is 6.54 Å². The molecule has 1 saturated carbocycles. The van der Waals surface area contributed by atoms with Gasteiger partial charge in [-0.2, -0.15) is 0 Å². The van der Waals surface area contributed by atoms with Crippen LogP contribution in [0.1, 0.15) is 42.5 Å². The van der Waals surface area contributed by atoms with Gasteiger partial charge in [0.05, 0.1) is 12.2 Å². The van der Waals surface area contributed by atoms with E-state index in [1.165, 1.54) is 11.0 Å². The number of tetrazole rings is 1. The van der Waals surface area contributed by atoms with Crippen LogP contribution in [0.5, 0.6) is 0 Å². The monoisotopic (exact) mass is 371 g/mol. The highest BCUT2D eigenvalue weighted by atomic mass is 16.2. The predicted molar refractivity (Wildman–Crippen MR) is 94.3 cm³/mol. The summed E-state index contributed by atoms with van der Waals surface area (Å²) in [4.78, 5) is 35.9. The highest BCUT2D eigenvalue weighted by Gasteiger charge is 2.21. The number of benzene rings is 1. The Hall–Kier alpha value is -3.30. The van der Waals surface area contributed by atoms with E-state index in [2.05, 4.69) is 31.7 Å². The molecule has 27 heavy (non-hydrogen) atoms. The summed E-state index contributed by atoms with van der Waals surface area (Å²) in [5.74, 6) is -1.07. The number of carbonyl (C=O) groups is 3. The minimum atomic E-state index is -0.488. The van der Waals surface area contributed by atoms with Crippen molar-refractivity contribution < 1.29 is 14.4 Å². The van der Waals surface area contributed by atoms with Crippen LogP contribution in [0.3, 0.4) is 0 Å². The predicted octanol–water partition coefficient (Wildman–Crippen LogP) is 0.120. The summed E-state index contributed by atoms with van der Waals surface area (Å²) in [6, 6.07) is 6.53. The first kappa shape index (κ1) is 18.5. The molecule has 0 unspecified atom stereocenters. The van der Waals surface area contributed by atoms with Crippen LogP contribution in [0.4, 0.5) is 0 Å². The smallest absolute Gasteiger partial charge is 0.269 e. The number of hydrazine groups is 1. The Morgan fingerprint density at radius 1 is 1.04 bits per heavy atom. The molecule has 10 nitrogen and oxygen atoms in total. The fraction of sp³-hybridized carbons (Fsp3) is 0.412. The van der Waals surface area contributed by atoms with E-state index in [0.29, 0.717) is 11.3 Å². The number of aromatic nitrogens is 4. The molecule has 0 spiro atoms. The quantitative estimate of drug-likeness (QED) is 0.640. The van der Waals surface area contributed by atoms with E-state index in [4.69, 9.17) is 0 Å². The largest absolute Gasteiger partial charge is 0.347 e. The summed E-state index contributed by atoms with van der Waals surface area (Å²) in [6.45, 7) is -0.173. The van der Waals surface area contributed by atoms with Gasteiger partial charge in [0.25, 0.3) is 11.8 Å². The van der Waals surface area contributed by atoms with E-state index in [1.54, 1.807) is 24.3 Å². The summed E-state index contributed by atoms with van der Waals surface area (Å²) in [7, 11) is 0. The maximum Gasteiger partial charge on any atom is 0.269 e. The molecule has 0 radical (unpaired) electrons. The average Bonchev–Trinajstić information content (AvgIpc) is 3.26. The lowest BCUT2D eigenvalue weighted by Crippen LogP contribution is -2.47. The summed E-state index contributed by atoms with van der Waals surface area (Å²) in [6.07, 6.45) is 6.43. The van der Waals surface area contributed by atoms with Crippen molar-refractivity contribution in [3.05, 3.63) is 36.2 Å². The number of nitrogens with one attached hydrogen (secondary N) is 3. The summed E-state index contributed by atoms with van der Waals surface area (Å²) < 4.78 is 1.46. The SMILES string of the molecule is O=C(CNC(=O)C1CCCCC1)NNC(=O)c1ccc(-n2cnnn2)cc1. The highest BCUT2D eigenvalue weighted by Crippen LogP contribution is 2.23. The number of nitrogens with zero attached hydrogens (tertiary/aromatic N) is 4. The van der Waals surface area contributed by atoms with Gasteiger partial charge in [0.2, 0.25) is 5.91 Å². The Kier molecular flexibility index (Phi) is 6.08. The molecule has 0 saturated heterocycles. The summed E-state index contributed by atoms with van der Waals surface area (Å²) >= 11 is 0. The molecular formula is C17H21N7O3. The second kappa shape index (κ2) is 8.88. The third kappa shape index (κ3) is 5.09. The lowest BCUT2D eigenvalue weighted by molar-refractivity contribution is -0.129. The van der Waals surface area contributed by atoms with Gasteiger partial charge in [-0.3, -0.25) is 25.2 Å². The normalized spacial score (nSPS) is 14.4. The summed E-state index contributed by atoms with van der Waals surface area (Å²) in [5, 5.41) is 13.4.